The van der Waals surface area contributed by atoms with Crippen molar-refractivity contribution >= 4 is 0 Å². The van der Waals surface area contributed by atoms with Gasteiger partial charge in [-0.25, -0.2) is 0 Å². The van der Waals surface area contributed by atoms with Gasteiger partial charge < -0.3 is 11.5 Å². The topological polar surface area (TPSA) is 52.0 Å². The Morgan fingerprint density at radius 3 is 2.31 bits per heavy atom. The Kier molecular flexibility index (Phi) is 2.64. The summed E-state index contributed by atoms with van der Waals surface area (Å²) in [5.74, 6) is 0. The zero-order valence-electron chi connectivity index (χ0n) is 8.42. The summed E-state index contributed by atoms with van der Waals surface area (Å²) in [6, 6.07) is 0.229. The second kappa shape index (κ2) is 3.28. The van der Waals surface area contributed by atoms with Gasteiger partial charge in [-0.05, 0) is 26.2 Å². The van der Waals surface area contributed by atoms with E-state index in [1.807, 2.05) is 12.2 Å². The van der Waals surface area contributed by atoms with Crippen molar-refractivity contribution in [3.8, 4) is 0 Å². The summed E-state index contributed by atoms with van der Waals surface area (Å²) in [5.41, 5.74) is 11.7. The monoisotopic (exact) mass is 180 g/mol. The van der Waals surface area contributed by atoms with Crippen LogP contribution in [0.5, 0.6) is 0 Å². The smallest absolute Gasteiger partial charge is 0.0253 e. The number of nitrogens with two attached hydrogens (primary N) is 2. The van der Waals surface area contributed by atoms with Gasteiger partial charge in [0.1, 0.15) is 0 Å². The first-order valence-corrected chi connectivity index (χ1v) is 4.79. The summed E-state index contributed by atoms with van der Waals surface area (Å²) in [5, 5.41) is 0. The molecular weight excluding hydrogens is 160 g/mol. The highest BCUT2D eigenvalue weighted by molar-refractivity contribution is 5.20. The Morgan fingerprint density at radius 1 is 1.38 bits per heavy atom. The highest BCUT2D eigenvalue weighted by Gasteiger charge is 2.44. The molecular formula is C11H20N2. The number of rotatable bonds is 2. The van der Waals surface area contributed by atoms with E-state index in [4.69, 9.17) is 11.5 Å². The van der Waals surface area contributed by atoms with E-state index in [1.165, 1.54) is 0 Å². The maximum atomic E-state index is 6.24. The van der Waals surface area contributed by atoms with Gasteiger partial charge in [-0.3, -0.25) is 0 Å². The lowest BCUT2D eigenvalue weighted by molar-refractivity contribution is 0.161. The van der Waals surface area contributed by atoms with Gasteiger partial charge in [-0.2, -0.15) is 0 Å². The first-order valence-electron chi connectivity index (χ1n) is 4.79. The molecule has 2 unspecified atom stereocenters. The van der Waals surface area contributed by atoms with Gasteiger partial charge in [0.25, 0.3) is 0 Å². The summed E-state index contributed by atoms with van der Waals surface area (Å²) < 4.78 is 0. The van der Waals surface area contributed by atoms with Crippen molar-refractivity contribution in [2.75, 3.05) is 0 Å². The van der Waals surface area contributed by atoms with Crippen LogP contribution in [-0.4, -0.2) is 11.6 Å². The summed E-state index contributed by atoms with van der Waals surface area (Å²) >= 11 is 0. The molecule has 0 bridgehead atoms. The molecule has 0 aliphatic heterocycles. The molecule has 1 aliphatic carbocycles. The van der Waals surface area contributed by atoms with Gasteiger partial charge in [-0.15, -0.1) is 13.2 Å². The van der Waals surface area contributed by atoms with Gasteiger partial charge >= 0.3 is 0 Å². The third-order valence-electron chi connectivity index (χ3n) is 3.43. The standard InChI is InChI=1S/C11H20N2/c1-4-11(5-2)8-9(12)6-7-10(11,3)13/h4-5,9H,1-2,6-8,12-13H2,3H3. The Balaban J connectivity index is 3.00. The first kappa shape index (κ1) is 10.5. The van der Waals surface area contributed by atoms with Crippen LogP contribution in [0.4, 0.5) is 0 Å². The van der Waals surface area contributed by atoms with Crippen molar-refractivity contribution in [3.63, 3.8) is 0 Å². The normalized spacial score (nSPS) is 38.2. The van der Waals surface area contributed by atoms with E-state index in [-0.39, 0.29) is 17.0 Å². The average Bonchev–Trinajstić information content (AvgIpc) is 2.09. The molecule has 1 fully saturated rings. The van der Waals surface area contributed by atoms with Crippen LogP contribution in [0.2, 0.25) is 0 Å². The molecule has 1 aliphatic rings. The molecule has 0 aromatic heterocycles. The van der Waals surface area contributed by atoms with Crippen molar-refractivity contribution in [2.45, 2.75) is 37.8 Å². The lowest BCUT2D eigenvalue weighted by Crippen LogP contribution is -2.57. The van der Waals surface area contributed by atoms with Crippen LogP contribution in [-0.2, 0) is 0 Å². The van der Waals surface area contributed by atoms with Gasteiger partial charge in [0.05, 0.1) is 0 Å². The van der Waals surface area contributed by atoms with Crippen molar-refractivity contribution in [3.05, 3.63) is 25.3 Å². The van der Waals surface area contributed by atoms with E-state index in [1.54, 1.807) is 0 Å². The van der Waals surface area contributed by atoms with E-state index in [2.05, 4.69) is 20.1 Å². The Bertz CT molecular complexity index is 210. The average molecular weight is 180 g/mol. The van der Waals surface area contributed by atoms with E-state index in [0.29, 0.717) is 0 Å². The van der Waals surface area contributed by atoms with Gasteiger partial charge in [-0.1, -0.05) is 12.2 Å². The third-order valence-corrected chi connectivity index (χ3v) is 3.43. The van der Waals surface area contributed by atoms with Crippen molar-refractivity contribution in [1.29, 1.82) is 0 Å². The zero-order valence-corrected chi connectivity index (χ0v) is 8.42. The lowest BCUT2D eigenvalue weighted by atomic mass is 9.61. The summed E-state index contributed by atoms with van der Waals surface area (Å²) in [6.45, 7) is 9.76. The fourth-order valence-corrected chi connectivity index (χ4v) is 2.20. The van der Waals surface area contributed by atoms with Crippen LogP contribution in [0.15, 0.2) is 25.3 Å². The Hall–Kier alpha value is -0.600. The SMILES string of the molecule is C=CC1(C=C)CC(N)CCC1(C)N. The maximum absolute atomic E-state index is 6.24. The van der Waals surface area contributed by atoms with E-state index < -0.39 is 0 Å². The van der Waals surface area contributed by atoms with E-state index in [9.17, 15) is 0 Å². The molecule has 0 aromatic carbocycles. The quantitative estimate of drug-likeness (QED) is 0.634. The third kappa shape index (κ3) is 1.56. The van der Waals surface area contributed by atoms with Crippen molar-refractivity contribution in [2.24, 2.45) is 16.9 Å². The fourth-order valence-electron chi connectivity index (χ4n) is 2.20. The van der Waals surface area contributed by atoms with E-state index in [0.717, 1.165) is 19.3 Å². The van der Waals surface area contributed by atoms with Crippen molar-refractivity contribution in [1.82, 2.24) is 0 Å². The molecule has 1 rings (SSSR count). The molecule has 2 nitrogen and oxygen atoms in total. The zero-order chi connectivity index (χ0) is 10.1. The molecule has 74 valence electrons. The predicted octanol–water partition coefficient (Wildman–Crippen LogP) is 1.57. The van der Waals surface area contributed by atoms with Gasteiger partial charge in [0.15, 0.2) is 0 Å². The Labute approximate surface area is 80.7 Å². The summed E-state index contributed by atoms with van der Waals surface area (Å²) in [7, 11) is 0. The predicted molar refractivity (Wildman–Crippen MR) is 57.2 cm³/mol. The van der Waals surface area contributed by atoms with Gasteiger partial charge in [0, 0.05) is 17.0 Å². The number of hydrogen-bond acceptors (Lipinski definition) is 2. The molecule has 2 atom stereocenters. The molecule has 0 aromatic rings. The minimum absolute atomic E-state index is 0.190. The molecule has 0 spiro atoms. The summed E-state index contributed by atoms with van der Waals surface area (Å²) in [4.78, 5) is 0. The number of hydrogen-bond donors (Lipinski definition) is 2. The maximum Gasteiger partial charge on any atom is 0.0253 e. The fraction of sp³-hybridized carbons (Fsp3) is 0.636. The molecule has 0 heterocycles. The molecule has 1 saturated carbocycles. The first-order chi connectivity index (χ1) is 5.97. The molecule has 0 radical (unpaired) electrons. The molecule has 4 N–H and O–H groups in total. The van der Waals surface area contributed by atoms with Crippen LogP contribution >= 0.6 is 0 Å². The van der Waals surface area contributed by atoms with Crippen LogP contribution in [0.1, 0.15) is 26.2 Å². The second-order valence-corrected chi connectivity index (χ2v) is 4.37. The van der Waals surface area contributed by atoms with Crippen LogP contribution in [0.3, 0.4) is 0 Å². The molecule has 13 heavy (non-hydrogen) atoms. The molecule has 2 heteroatoms. The Morgan fingerprint density at radius 2 is 1.92 bits per heavy atom. The second-order valence-electron chi connectivity index (χ2n) is 4.37. The van der Waals surface area contributed by atoms with Crippen LogP contribution < -0.4 is 11.5 Å². The summed E-state index contributed by atoms with van der Waals surface area (Å²) in [6.07, 6.45) is 6.60. The molecule has 0 saturated heterocycles. The highest BCUT2D eigenvalue weighted by atomic mass is 14.8. The van der Waals surface area contributed by atoms with Gasteiger partial charge in [0.2, 0.25) is 0 Å². The largest absolute Gasteiger partial charge is 0.328 e. The van der Waals surface area contributed by atoms with Crippen LogP contribution in [0.25, 0.3) is 0 Å². The minimum Gasteiger partial charge on any atom is -0.328 e. The molecule has 0 amide bonds. The lowest BCUT2D eigenvalue weighted by Gasteiger charge is -2.48. The van der Waals surface area contributed by atoms with E-state index >= 15 is 0 Å². The van der Waals surface area contributed by atoms with Crippen LogP contribution in [0, 0.1) is 5.41 Å². The van der Waals surface area contributed by atoms with Crippen molar-refractivity contribution < 1.29 is 0 Å². The highest BCUT2D eigenvalue weighted by Crippen LogP contribution is 2.43. The minimum atomic E-state index is -0.244.